The molecule has 1 aromatic heterocycles. The molecule has 0 radical (unpaired) electrons. The summed E-state index contributed by atoms with van der Waals surface area (Å²) in [6, 6.07) is 10.3. The fourth-order valence-corrected chi connectivity index (χ4v) is 3.96. The van der Waals surface area contributed by atoms with Crippen molar-refractivity contribution in [3.8, 4) is 0 Å². The number of halogens is 1. The molecule has 1 fully saturated rings. The van der Waals surface area contributed by atoms with E-state index in [1.54, 1.807) is 0 Å². The van der Waals surface area contributed by atoms with Gasteiger partial charge in [-0.3, -0.25) is 9.79 Å². The minimum Gasteiger partial charge on any atom is -0.469 e. The van der Waals surface area contributed by atoms with E-state index in [1.807, 2.05) is 31.3 Å². The first-order chi connectivity index (χ1) is 13.0. The molecule has 1 aliphatic carbocycles. The lowest BCUT2D eigenvalue weighted by Crippen LogP contribution is -2.18. The Labute approximate surface area is 166 Å². The van der Waals surface area contributed by atoms with Crippen molar-refractivity contribution >= 4 is 23.3 Å². The zero-order chi connectivity index (χ0) is 19.4. The van der Waals surface area contributed by atoms with Crippen LogP contribution in [0.4, 0.5) is 0 Å². The largest absolute Gasteiger partial charge is 0.469 e. The van der Waals surface area contributed by atoms with Crippen LogP contribution in [0.1, 0.15) is 54.6 Å². The Morgan fingerprint density at radius 3 is 2.52 bits per heavy atom. The molecular weight excluding hydrogens is 360 g/mol. The van der Waals surface area contributed by atoms with Gasteiger partial charge >= 0.3 is 5.97 Å². The number of aliphatic imine (C=N–C) groups is 1. The molecule has 0 N–H and O–H groups in total. The molecule has 0 spiro atoms. The summed E-state index contributed by atoms with van der Waals surface area (Å²) in [5.41, 5.74) is 5.14. The number of aromatic nitrogens is 1. The number of ether oxygens (including phenoxy) is 1. The van der Waals surface area contributed by atoms with E-state index in [1.165, 1.54) is 26.4 Å². The number of methoxy groups -OCH3 is 1. The minimum atomic E-state index is -0.237. The highest BCUT2D eigenvalue weighted by molar-refractivity contribution is 6.30. The van der Waals surface area contributed by atoms with Gasteiger partial charge in [0.1, 0.15) is 0 Å². The fourth-order valence-electron chi connectivity index (χ4n) is 3.83. The second kappa shape index (κ2) is 8.75. The van der Waals surface area contributed by atoms with Gasteiger partial charge in [0.05, 0.1) is 31.0 Å². The van der Waals surface area contributed by atoms with Crippen LogP contribution in [0, 0.1) is 6.92 Å². The maximum absolute atomic E-state index is 11.8. The van der Waals surface area contributed by atoms with Gasteiger partial charge in [0.15, 0.2) is 0 Å². The molecule has 1 aliphatic rings. The van der Waals surface area contributed by atoms with Gasteiger partial charge in [-0.1, -0.05) is 43.0 Å². The Bertz CT molecular complexity index is 831. The summed E-state index contributed by atoms with van der Waals surface area (Å²) in [5, 5.41) is 0.714. The second-order valence-electron chi connectivity index (χ2n) is 7.26. The Hall–Kier alpha value is -2.07. The van der Waals surface area contributed by atoms with Crippen LogP contribution in [0.25, 0.3) is 0 Å². The Morgan fingerprint density at radius 1 is 1.22 bits per heavy atom. The van der Waals surface area contributed by atoms with Crippen molar-refractivity contribution < 1.29 is 9.53 Å². The molecule has 4 nitrogen and oxygen atoms in total. The van der Waals surface area contributed by atoms with Gasteiger partial charge < -0.3 is 9.30 Å². The third kappa shape index (κ3) is 4.62. The molecule has 0 amide bonds. The van der Waals surface area contributed by atoms with E-state index in [9.17, 15) is 4.79 Å². The number of carbonyl (C=O) groups excluding carboxylic acids is 1. The van der Waals surface area contributed by atoms with Gasteiger partial charge in [0, 0.05) is 23.3 Å². The predicted octanol–water partition coefficient (Wildman–Crippen LogP) is 4.87. The van der Waals surface area contributed by atoms with Gasteiger partial charge in [-0.25, -0.2) is 0 Å². The van der Waals surface area contributed by atoms with Crippen molar-refractivity contribution in [3.05, 3.63) is 57.9 Å². The van der Waals surface area contributed by atoms with Crippen LogP contribution in [0.5, 0.6) is 0 Å². The molecule has 0 saturated heterocycles. The Morgan fingerprint density at radius 2 is 1.89 bits per heavy atom. The van der Waals surface area contributed by atoms with Gasteiger partial charge in [-0.05, 0) is 43.5 Å². The smallest absolute Gasteiger partial charge is 0.311 e. The molecule has 144 valence electrons. The van der Waals surface area contributed by atoms with Crippen LogP contribution in [0.3, 0.4) is 0 Å². The summed E-state index contributed by atoms with van der Waals surface area (Å²) < 4.78 is 6.91. The molecule has 27 heavy (non-hydrogen) atoms. The van der Waals surface area contributed by atoms with Crippen molar-refractivity contribution in [2.24, 2.45) is 12.0 Å². The molecule has 1 aromatic carbocycles. The van der Waals surface area contributed by atoms with Gasteiger partial charge in [0.2, 0.25) is 0 Å². The molecule has 0 unspecified atom stereocenters. The highest BCUT2D eigenvalue weighted by Crippen LogP contribution is 2.25. The summed E-state index contributed by atoms with van der Waals surface area (Å²) in [7, 11) is 3.41. The molecule has 1 heterocycles. The van der Waals surface area contributed by atoms with E-state index < -0.39 is 0 Å². The highest BCUT2D eigenvalue weighted by Gasteiger charge is 2.21. The van der Waals surface area contributed by atoms with Crippen LogP contribution in [-0.2, 0) is 23.0 Å². The normalized spacial score (nSPS) is 15.8. The van der Waals surface area contributed by atoms with Crippen LogP contribution in [0.15, 0.2) is 35.3 Å². The number of esters is 1. The van der Waals surface area contributed by atoms with Crippen molar-refractivity contribution in [2.45, 2.75) is 51.5 Å². The lowest BCUT2D eigenvalue weighted by Gasteiger charge is -2.20. The van der Waals surface area contributed by atoms with Gasteiger partial charge in [-0.15, -0.1) is 0 Å². The Balaban J connectivity index is 2.06. The average Bonchev–Trinajstić information content (AvgIpc) is 2.94. The SMILES string of the molecule is COC(=O)Cc1cc(C)c(/C(=N\C2CCCCC2)c2ccc(Cl)cc2)n1C. The van der Waals surface area contributed by atoms with E-state index in [4.69, 9.17) is 21.3 Å². The number of nitrogens with zero attached hydrogens (tertiary/aromatic N) is 2. The molecule has 0 aliphatic heterocycles. The van der Waals surface area contributed by atoms with Crippen LogP contribution in [-0.4, -0.2) is 29.4 Å². The summed E-state index contributed by atoms with van der Waals surface area (Å²) in [4.78, 5) is 16.9. The Kier molecular flexibility index (Phi) is 6.38. The number of hydrogen-bond donors (Lipinski definition) is 0. The maximum atomic E-state index is 11.8. The molecular formula is C22H27ClN2O2. The van der Waals surface area contributed by atoms with Crippen LogP contribution in [0.2, 0.25) is 5.02 Å². The molecule has 0 bridgehead atoms. The number of hydrogen-bond acceptors (Lipinski definition) is 3. The van der Waals surface area contributed by atoms with E-state index in [2.05, 4.69) is 17.6 Å². The first kappa shape index (κ1) is 19.7. The zero-order valence-electron chi connectivity index (χ0n) is 16.3. The number of benzene rings is 1. The number of carbonyl (C=O) groups is 1. The van der Waals surface area contributed by atoms with Crippen molar-refractivity contribution in [3.63, 3.8) is 0 Å². The third-order valence-corrected chi connectivity index (χ3v) is 5.56. The van der Waals surface area contributed by atoms with E-state index in [-0.39, 0.29) is 12.4 Å². The minimum absolute atomic E-state index is 0.237. The summed E-state index contributed by atoms with van der Waals surface area (Å²) in [5.74, 6) is -0.237. The summed E-state index contributed by atoms with van der Waals surface area (Å²) >= 11 is 6.10. The highest BCUT2D eigenvalue weighted by atomic mass is 35.5. The first-order valence-corrected chi connectivity index (χ1v) is 9.93. The maximum Gasteiger partial charge on any atom is 0.311 e. The molecule has 1 saturated carbocycles. The average molecular weight is 387 g/mol. The van der Waals surface area contributed by atoms with E-state index >= 15 is 0 Å². The zero-order valence-corrected chi connectivity index (χ0v) is 17.1. The van der Waals surface area contributed by atoms with Crippen molar-refractivity contribution in [1.82, 2.24) is 4.57 Å². The predicted molar refractivity (Wildman–Crippen MR) is 110 cm³/mol. The van der Waals surface area contributed by atoms with E-state index in [0.29, 0.717) is 11.1 Å². The van der Waals surface area contributed by atoms with Gasteiger partial charge in [-0.2, -0.15) is 0 Å². The molecule has 3 rings (SSSR count). The number of rotatable bonds is 5. The second-order valence-corrected chi connectivity index (χ2v) is 7.69. The van der Waals surface area contributed by atoms with Crippen LogP contribution >= 0.6 is 11.6 Å². The number of aryl methyl sites for hydroxylation is 1. The standard InChI is InChI=1S/C22H27ClN2O2/c1-15-13-19(14-20(26)27-3)25(2)22(15)21(16-9-11-17(23)12-10-16)24-18-7-5-4-6-8-18/h9-13,18H,4-8,14H2,1-3H3/b24-21-. The summed E-state index contributed by atoms with van der Waals surface area (Å²) in [6.07, 6.45) is 6.30. The van der Waals surface area contributed by atoms with Gasteiger partial charge in [0.25, 0.3) is 0 Å². The van der Waals surface area contributed by atoms with Crippen LogP contribution < -0.4 is 0 Å². The lowest BCUT2D eigenvalue weighted by atomic mass is 9.95. The van der Waals surface area contributed by atoms with E-state index in [0.717, 1.165) is 41.1 Å². The quantitative estimate of drug-likeness (QED) is 0.543. The molecule has 0 atom stereocenters. The lowest BCUT2D eigenvalue weighted by molar-refractivity contribution is -0.139. The molecule has 2 aromatic rings. The fraction of sp³-hybridized carbons (Fsp3) is 0.455. The first-order valence-electron chi connectivity index (χ1n) is 9.55. The topological polar surface area (TPSA) is 43.6 Å². The summed E-state index contributed by atoms with van der Waals surface area (Å²) in [6.45, 7) is 2.07. The monoisotopic (exact) mass is 386 g/mol. The molecule has 5 heteroatoms. The van der Waals surface area contributed by atoms with Crippen molar-refractivity contribution in [2.75, 3.05) is 7.11 Å². The third-order valence-electron chi connectivity index (χ3n) is 5.30. The van der Waals surface area contributed by atoms with Crippen molar-refractivity contribution in [1.29, 1.82) is 0 Å².